The van der Waals surface area contributed by atoms with Gasteiger partial charge in [0.25, 0.3) is 5.91 Å². The molecule has 0 aromatic heterocycles. The molecule has 2 aliphatic rings. The van der Waals surface area contributed by atoms with Gasteiger partial charge in [-0.25, -0.2) is 0 Å². The molecule has 25 heavy (non-hydrogen) atoms. The monoisotopic (exact) mass is 346 g/mol. The summed E-state index contributed by atoms with van der Waals surface area (Å²) < 4.78 is 5.25. The van der Waals surface area contributed by atoms with E-state index in [1.54, 1.807) is 12.0 Å². The third-order valence-corrected chi connectivity index (χ3v) is 5.41. The van der Waals surface area contributed by atoms with Gasteiger partial charge >= 0.3 is 0 Å². The van der Waals surface area contributed by atoms with Crippen molar-refractivity contribution < 1.29 is 19.4 Å². The van der Waals surface area contributed by atoms with Crippen molar-refractivity contribution in [2.75, 3.05) is 26.7 Å². The van der Waals surface area contributed by atoms with Gasteiger partial charge in [0.2, 0.25) is 5.91 Å². The van der Waals surface area contributed by atoms with E-state index in [4.69, 9.17) is 4.74 Å². The van der Waals surface area contributed by atoms with Crippen molar-refractivity contribution in [2.45, 2.75) is 38.8 Å². The Labute approximate surface area is 148 Å². The van der Waals surface area contributed by atoms with Crippen molar-refractivity contribution in [3.05, 3.63) is 29.8 Å². The number of hydrogen-bond donors (Lipinski definition) is 1. The first-order chi connectivity index (χ1) is 11.9. The first-order valence-corrected chi connectivity index (χ1v) is 8.80. The van der Waals surface area contributed by atoms with Crippen LogP contribution in [0.25, 0.3) is 0 Å². The molecule has 3 rings (SSSR count). The summed E-state index contributed by atoms with van der Waals surface area (Å²) >= 11 is 0. The number of nitrogens with zero attached hydrogens (tertiary/aromatic N) is 2. The summed E-state index contributed by atoms with van der Waals surface area (Å²) in [4.78, 5) is 28.1. The fourth-order valence-electron chi connectivity index (χ4n) is 3.92. The molecule has 0 unspecified atom stereocenters. The molecule has 6 nitrogen and oxygen atoms in total. The van der Waals surface area contributed by atoms with Crippen LogP contribution in [0.3, 0.4) is 0 Å². The number of hydrogen-bond acceptors (Lipinski definition) is 4. The molecule has 2 fully saturated rings. The number of methoxy groups -OCH3 is 1. The van der Waals surface area contributed by atoms with E-state index in [9.17, 15) is 14.7 Å². The molecule has 0 aliphatic carbocycles. The molecule has 1 aromatic rings. The second-order valence-electron chi connectivity index (χ2n) is 7.28. The van der Waals surface area contributed by atoms with Crippen LogP contribution in [0.2, 0.25) is 0 Å². The number of benzene rings is 1. The van der Waals surface area contributed by atoms with Crippen molar-refractivity contribution in [1.82, 2.24) is 9.80 Å². The maximum atomic E-state index is 12.5. The molecular formula is C19H26N2O4. The zero-order valence-corrected chi connectivity index (χ0v) is 14.9. The van der Waals surface area contributed by atoms with E-state index in [2.05, 4.69) is 0 Å². The highest BCUT2D eigenvalue weighted by molar-refractivity contribution is 5.81. The maximum absolute atomic E-state index is 12.5. The van der Waals surface area contributed by atoms with E-state index in [-0.39, 0.29) is 17.2 Å². The third kappa shape index (κ3) is 3.79. The van der Waals surface area contributed by atoms with Gasteiger partial charge in [-0.05, 0) is 37.5 Å². The molecule has 0 radical (unpaired) electrons. The highest BCUT2D eigenvalue weighted by atomic mass is 16.5. The lowest BCUT2D eigenvalue weighted by atomic mass is 9.77. The van der Waals surface area contributed by atoms with E-state index in [1.165, 1.54) is 6.92 Å². The van der Waals surface area contributed by atoms with Gasteiger partial charge in [0.15, 0.2) is 0 Å². The number of likely N-dealkylation sites (tertiary alicyclic amines) is 2. The summed E-state index contributed by atoms with van der Waals surface area (Å²) in [6, 6.07) is 7.79. The van der Waals surface area contributed by atoms with Gasteiger partial charge in [-0.15, -0.1) is 0 Å². The SMILES string of the molecule is COc1cccc(CN2CC3(CCN(C(=O)[C@H](C)O)CC3)CC2=O)c1. The molecule has 1 N–H and O–H groups in total. The lowest BCUT2D eigenvalue weighted by Crippen LogP contribution is -2.47. The fourth-order valence-corrected chi connectivity index (χ4v) is 3.92. The van der Waals surface area contributed by atoms with Gasteiger partial charge in [-0.2, -0.15) is 0 Å². The Morgan fingerprint density at radius 3 is 2.72 bits per heavy atom. The number of rotatable bonds is 4. The van der Waals surface area contributed by atoms with Crippen molar-refractivity contribution >= 4 is 11.8 Å². The Kier molecular flexibility index (Phi) is 4.99. The van der Waals surface area contributed by atoms with Crippen LogP contribution in [0.4, 0.5) is 0 Å². The summed E-state index contributed by atoms with van der Waals surface area (Å²) in [5.41, 5.74) is 1.03. The number of amides is 2. The van der Waals surface area contributed by atoms with Crippen LogP contribution in [0.1, 0.15) is 31.7 Å². The first-order valence-electron chi connectivity index (χ1n) is 8.80. The molecule has 1 aromatic carbocycles. The second-order valence-corrected chi connectivity index (χ2v) is 7.28. The summed E-state index contributed by atoms with van der Waals surface area (Å²) in [6.07, 6.45) is 1.22. The molecule has 1 atom stereocenters. The average Bonchev–Trinajstić information content (AvgIpc) is 2.90. The maximum Gasteiger partial charge on any atom is 0.251 e. The Morgan fingerprint density at radius 2 is 2.08 bits per heavy atom. The van der Waals surface area contributed by atoms with Crippen LogP contribution >= 0.6 is 0 Å². The number of piperidine rings is 1. The Bertz CT molecular complexity index is 651. The van der Waals surface area contributed by atoms with Crippen LogP contribution in [0.15, 0.2) is 24.3 Å². The van der Waals surface area contributed by atoms with E-state index >= 15 is 0 Å². The number of aliphatic hydroxyl groups excluding tert-OH is 1. The van der Waals surface area contributed by atoms with Crippen molar-refractivity contribution in [1.29, 1.82) is 0 Å². The Morgan fingerprint density at radius 1 is 1.36 bits per heavy atom. The molecule has 2 heterocycles. The van der Waals surface area contributed by atoms with Gasteiger partial charge in [0, 0.05) is 38.0 Å². The summed E-state index contributed by atoms with van der Waals surface area (Å²) in [5, 5.41) is 9.46. The zero-order chi connectivity index (χ0) is 18.0. The number of ether oxygens (including phenoxy) is 1. The van der Waals surface area contributed by atoms with Crippen molar-refractivity contribution in [3.8, 4) is 5.75 Å². The van der Waals surface area contributed by atoms with Crippen molar-refractivity contribution in [3.63, 3.8) is 0 Å². The Balaban J connectivity index is 1.62. The first kappa shape index (κ1) is 17.7. The zero-order valence-electron chi connectivity index (χ0n) is 14.9. The summed E-state index contributed by atoms with van der Waals surface area (Å²) in [6.45, 7) is 4.06. The largest absolute Gasteiger partial charge is 0.497 e. The predicted octanol–water partition coefficient (Wildman–Crippen LogP) is 1.42. The minimum absolute atomic E-state index is 0.0363. The molecule has 136 valence electrons. The van der Waals surface area contributed by atoms with Gasteiger partial charge < -0.3 is 19.6 Å². The van der Waals surface area contributed by atoms with Crippen LogP contribution < -0.4 is 4.74 Å². The summed E-state index contributed by atoms with van der Waals surface area (Å²) in [7, 11) is 1.64. The van der Waals surface area contributed by atoms with Crippen molar-refractivity contribution in [2.24, 2.45) is 5.41 Å². The second kappa shape index (κ2) is 7.04. The standard InChI is InChI=1S/C19H26N2O4/c1-14(22)18(24)20-8-6-19(7-9-20)11-17(23)21(13-19)12-15-4-3-5-16(10-15)25-2/h3-5,10,14,22H,6-9,11-13H2,1-2H3/t14-/m0/s1. The van der Waals surface area contributed by atoms with E-state index in [0.717, 1.165) is 30.7 Å². The lowest BCUT2D eigenvalue weighted by molar-refractivity contribution is -0.141. The predicted molar refractivity (Wildman–Crippen MR) is 93.0 cm³/mol. The van der Waals surface area contributed by atoms with Gasteiger partial charge in [0.05, 0.1) is 7.11 Å². The van der Waals surface area contributed by atoms with Gasteiger partial charge in [-0.3, -0.25) is 9.59 Å². The minimum atomic E-state index is -0.955. The topological polar surface area (TPSA) is 70.1 Å². The van der Waals surface area contributed by atoms with Gasteiger partial charge in [0.1, 0.15) is 11.9 Å². The fraction of sp³-hybridized carbons (Fsp3) is 0.579. The molecule has 1 spiro atoms. The molecule has 0 bridgehead atoms. The molecule has 2 amide bonds. The number of carbonyl (C=O) groups is 2. The molecule has 2 saturated heterocycles. The van der Waals surface area contributed by atoms with E-state index in [0.29, 0.717) is 26.1 Å². The quantitative estimate of drug-likeness (QED) is 0.895. The molecular weight excluding hydrogens is 320 g/mol. The average molecular weight is 346 g/mol. The van der Waals surface area contributed by atoms with Gasteiger partial charge in [-0.1, -0.05) is 12.1 Å². The summed E-state index contributed by atoms with van der Waals surface area (Å²) in [5.74, 6) is 0.759. The van der Waals surface area contributed by atoms with Crippen LogP contribution in [0.5, 0.6) is 5.75 Å². The van der Waals surface area contributed by atoms with E-state index < -0.39 is 6.10 Å². The Hall–Kier alpha value is -2.08. The number of carbonyl (C=O) groups excluding carboxylic acids is 2. The minimum Gasteiger partial charge on any atom is -0.497 e. The smallest absolute Gasteiger partial charge is 0.251 e. The molecule has 0 saturated carbocycles. The number of aliphatic hydroxyl groups is 1. The lowest BCUT2D eigenvalue weighted by Gasteiger charge is -2.39. The molecule has 2 aliphatic heterocycles. The molecule has 6 heteroatoms. The highest BCUT2D eigenvalue weighted by Crippen LogP contribution is 2.41. The van der Waals surface area contributed by atoms with Crippen LogP contribution in [-0.2, 0) is 16.1 Å². The third-order valence-electron chi connectivity index (χ3n) is 5.41. The highest BCUT2D eigenvalue weighted by Gasteiger charge is 2.45. The van der Waals surface area contributed by atoms with Crippen LogP contribution in [0, 0.1) is 5.41 Å². The van der Waals surface area contributed by atoms with E-state index in [1.807, 2.05) is 29.2 Å². The van der Waals surface area contributed by atoms with Crippen LogP contribution in [-0.4, -0.2) is 59.6 Å². The normalized spacial score (nSPS) is 20.8.